The van der Waals surface area contributed by atoms with Crippen LogP contribution in [0.5, 0.6) is 5.75 Å². The largest absolute Gasteiger partial charge is 0.492 e. The molecular weight excluding hydrogens is 491 g/mol. The van der Waals surface area contributed by atoms with E-state index in [2.05, 4.69) is 15.6 Å². The van der Waals surface area contributed by atoms with E-state index in [1.165, 1.54) is 0 Å². The lowest BCUT2D eigenvalue weighted by Gasteiger charge is -2.13. The van der Waals surface area contributed by atoms with Crippen LogP contribution in [0.2, 0.25) is 5.02 Å². The highest BCUT2D eigenvalue weighted by Gasteiger charge is 2.07. The van der Waals surface area contributed by atoms with E-state index < -0.39 is 0 Å². The van der Waals surface area contributed by atoms with Gasteiger partial charge < -0.3 is 20.3 Å². The molecule has 28 heavy (non-hydrogen) atoms. The van der Waals surface area contributed by atoms with Gasteiger partial charge in [0.15, 0.2) is 5.96 Å². The normalized spacial score (nSPS) is 10.6. The van der Waals surface area contributed by atoms with Gasteiger partial charge in [0.25, 0.3) is 5.91 Å². The maximum Gasteiger partial charge on any atom is 0.253 e. The highest BCUT2D eigenvalue weighted by atomic mass is 127. The number of nitrogens with zero attached hydrogens (tertiary/aromatic N) is 2. The number of amides is 1. The monoisotopic (exact) mass is 516 g/mol. The fourth-order valence-corrected chi connectivity index (χ4v) is 2.42. The maximum atomic E-state index is 11.9. The van der Waals surface area contributed by atoms with Crippen LogP contribution in [0.4, 0.5) is 0 Å². The Morgan fingerprint density at radius 2 is 1.71 bits per heavy atom. The maximum absolute atomic E-state index is 11.9. The van der Waals surface area contributed by atoms with Crippen LogP contribution in [0, 0.1) is 0 Å². The van der Waals surface area contributed by atoms with E-state index in [-0.39, 0.29) is 29.9 Å². The van der Waals surface area contributed by atoms with Gasteiger partial charge in [-0.3, -0.25) is 9.79 Å². The van der Waals surface area contributed by atoms with Crippen molar-refractivity contribution in [2.24, 2.45) is 4.99 Å². The Kier molecular flexibility index (Phi) is 10.7. The first-order valence-electron chi connectivity index (χ1n) is 8.63. The number of carbonyl (C=O) groups excluding carboxylic acids is 1. The van der Waals surface area contributed by atoms with Gasteiger partial charge in [0, 0.05) is 38.3 Å². The lowest BCUT2D eigenvalue weighted by molar-refractivity contribution is 0.0827. The Labute approximate surface area is 188 Å². The third-order valence-corrected chi connectivity index (χ3v) is 4.02. The molecule has 0 aromatic heterocycles. The summed E-state index contributed by atoms with van der Waals surface area (Å²) < 4.78 is 5.63. The molecule has 0 aliphatic carbocycles. The van der Waals surface area contributed by atoms with Crippen LogP contribution >= 0.6 is 35.6 Å². The fraction of sp³-hybridized carbons (Fsp3) is 0.300. The molecule has 0 radical (unpaired) electrons. The fourth-order valence-electron chi connectivity index (χ4n) is 2.30. The molecule has 2 aromatic rings. The van der Waals surface area contributed by atoms with Crippen LogP contribution in [0.15, 0.2) is 53.5 Å². The summed E-state index contributed by atoms with van der Waals surface area (Å²) >= 11 is 5.85. The number of hydrogen-bond acceptors (Lipinski definition) is 3. The molecule has 152 valence electrons. The summed E-state index contributed by atoms with van der Waals surface area (Å²) in [5.74, 6) is 1.45. The average Bonchev–Trinajstić information content (AvgIpc) is 2.68. The lowest BCUT2D eigenvalue weighted by atomic mass is 10.1. The van der Waals surface area contributed by atoms with Crippen molar-refractivity contribution in [3.63, 3.8) is 0 Å². The molecule has 0 fully saturated rings. The van der Waals surface area contributed by atoms with Crippen molar-refractivity contribution in [1.29, 1.82) is 0 Å². The summed E-state index contributed by atoms with van der Waals surface area (Å²) in [4.78, 5) is 17.6. The topological polar surface area (TPSA) is 66.0 Å². The molecule has 0 spiro atoms. The van der Waals surface area contributed by atoms with Crippen molar-refractivity contribution >= 4 is 47.4 Å². The zero-order valence-corrected chi connectivity index (χ0v) is 19.3. The molecule has 0 heterocycles. The van der Waals surface area contributed by atoms with E-state index in [9.17, 15) is 4.79 Å². The van der Waals surface area contributed by atoms with Crippen LogP contribution in [-0.2, 0) is 6.54 Å². The summed E-state index contributed by atoms with van der Waals surface area (Å²) in [6.07, 6.45) is 0. The van der Waals surface area contributed by atoms with Crippen LogP contribution in [0.1, 0.15) is 15.9 Å². The first-order valence-corrected chi connectivity index (χ1v) is 9.01. The number of carbonyl (C=O) groups is 1. The Morgan fingerprint density at radius 3 is 2.29 bits per heavy atom. The van der Waals surface area contributed by atoms with Gasteiger partial charge in [-0.05, 0) is 42.0 Å². The van der Waals surface area contributed by atoms with Gasteiger partial charge in [0.2, 0.25) is 0 Å². The zero-order valence-electron chi connectivity index (χ0n) is 16.2. The van der Waals surface area contributed by atoms with E-state index in [1.807, 2.05) is 36.4 Å². The number of halogens is 2. The number of hydrogen-bond donors (Lipinski definition) is 2. The summed E-state index contributed by atoms with van der Waals surface area (Å²) in [5, 5.41) is 7.11. The molecule has 2 aromatic carbocycles. The molecule has 0 aliphatic rings. The number of benzene rings is 2. The number of rotatable bonds is 7. The predicted octanol–water partition coefficient (Wildman–Crippen LogP) is 3.40. The molecule has 1 amide bonds. The zero-order chi connectivity index (χ0) is 19.6. The molecule has 0 saturated heterocycles. The molecule has 0 bridgehead atoms. The van der Waals surface area contributed by atoms with Gasteiger partial charge in [-0.2, -0.15) is 0 Å². The second-order valence-corrected chi connectivity index (χ2v) is 6.49. The van der Waals surface area contributed by atoms with Crippen molar-refractivity contribution in [1.82, 2.24) is 15.5 Å². The minimum Gasteiger partial charge on any atom is -0.492 e. The molecule has 2 N–H and O–H groups in total. The molecule has 0 atom stereocenters. The van der Waals surface area contributed by atoms with Crippen LogP contribution in [-0.4, -0.2) is 51.1 Å². The lowest BCUT2D eigenvalue weighted by Crippen LogP contribution is -2.38. The average molecular weight is 517 g/mol. The van der Waals surface area contributed by atoms with Crippen LogP contribution < -0.4 is 15.4 Å². The van der Waals surface area contributed by atoms with Gasteiger partial charge in [-0.15, -0.1) is 24.0 Å². The molecular formula is C20H26ClIN4O2. The molecule has 0 saturated carbocycles. The third kappa shape index (κ3) is 7.93. The van der Waals surface area contributed by atoms with Crippen molar-refractivity contribution in [3.8, 4) is 5.75 Å². The van der Waals surface area contributed by atoms with Crippen LogP contribution in [0.25, 0.3) is 0 Å². The molecule has 8 heteroatoms. The SMILES string of the molecule is CN=C(NCCOc1ccc(Cl)cc1)NCc1ccc(C(=O)N(C)C)cc1.I. The Balaban J connectivity index is 0.00000392. The van der Waals surface area contributed by atoms with Gasteiger partial charge in [-0.25, -0.2) is 0 Å². The number of nitrogens with one attached hydrogen (secondary N) is 2. The second kappa shape index (κ2) is 12.5. The quantitative estimate of drug-likeness (QED) is 0.256. The summed E-state index contributed by atoms with van der Waals surface area (Å²) in [6.45, 7) is 1.72. The number of aliphatic imine (C=N–C) groups is 1. The summed E-state index contributed by atoms with van der Waals surface area (Å²) in [6, 6.07) is 14.8. The Bertz CT molecular complexity index is 765. The van der Waals surface area contributed by atoms with E-state index in [1.54, 1.807) is 38.2 Å². The number of guanidine groups is 1. The summed E-state index contributed by atoms with van der Waals surface area (Å²) in [5.41, 5.74) is 1.73. The smallest absolute Gasteiger partial charge is 0.253 e. The number of ether oxygens (including phenoxy) is 1. The van der Waals surface area contributed by atoms with Gasteiger partial charge in [0.05, 0.1) is 6.54 Å². The minimum atomic E-state index is -0.00678. The highest BCUT2D eigenvalue weighted by molar-refractivity contribution is 14.0. The van der Waals surface area contributed by atoms with E-state index in [0.717, 1.165) is 11.3 Å². The van der Waals surface area contributed by atoms with Gasteiger partial charge in [-0.1, -0.05) is 23.7 Å². The minimum absolute atomic E-state index is 0. The second-order valence-electron chi connectivity index (χ2n) is 6.05. The van der Waals surface area contributed by atoms with E-state index in [0.29, 0.717) is 36.2 Å². The molecule has 0 aliphatic heterocycles. The Hall–Kier alpha value is -2.00. The molecule has 0 unspecified atom stereocenters. The van der Waals surface area contributed by atoms with E-state index in [4.69, 9.17) is 16.3 Å². The predicted molar refractivity (Wildman–Crippen MR) is 125 cm³/mol. The van der Waals surface area contributed by atoms with Crippen molar-refractivity contribution in [2.45, 2.75) is 6.54 Å². The molecule has 2 rings (SSSR count). The van der Waals surface area contributed by atoms with E-state index >= 15 is 0 Å². The van der Waals surface area contributed by atoms with Crippen LogP contribution in [0.3, 0.4) is 0 Å². The van der Waals surface area contributed by atoms with Gasteiger partial charge >= 0.3 is 0 Å². The highest BCUT2D eigenvalue weighted by Crippen LogP contribution is 2.15. The van der Waals surface area contributed by atoms with Crippen molar-refractivity contribution < 1.29 is 9.53 Å². The third-order valence-electron chi connectivity index (χ3n) is 3.77. The molecule has 6 nitrogen and oxygen atoms in total. The first kappa shape index (κ1) is 24.0. The van der Waals surface area contributed by atoms with Crippen molar-refractivity contribution in [3.05, 3.63) is 64.7 Å². The van der Waals surface area contributed by atoms with Crippen molar-refractivity contribution in [2.75, 3.05) is 34.3 Å². The van der Waals surface area contributed by atoms with Gasteiger partial charge in [0.1, 0.15) is 12.4 Å². The standard InChI is InChI=1S/C20H25ClN4O2.HI/c1-22-20(23-12-13-27-18-10-8-17(21)9-11-18)24-14-15-4-6-16(7-5-15)19(26)25(2)3;/h4-11H,12-14H2,1-3H3,(H2,22,23,24);1H. The Morgan fingerprint density at radius 1 is 1.07 bits per heavy atom. The first-order chi connectivity index (χ1) is 13.0. The summed E-state index contributed by atoms with van der Waals surface area (Å²) in [7, 11) is 5.20.